The summed E-state index contributed by atoms with van der Waals surface area (Å²) in [6, 6.07) is 0.118. The van der Waals surface area contributed by atoms with Crippen LogP contribution in [-0.4, -0.2) is 55.0 Å². The first-order valence-corrected chi connectivity index (χ1v) is 7.43. The number of nitrogens with zero attached hydrogens (tertiary/aromatic N) is 2. The van der Waals surface area contributed by atoms with Crippen LogP contribution in [0.25, 0.3) is 0 Å². The fourth-order valence-corrected chi connectivity index (χ4v) is 4.01. The van der Waals surface area contributed by atoms with Gasteiger partial charge in [0.05, 0.1) is 5.75 Å². The van der Waals surface area contributed by atoms with E-state index in [-0.39, 0.29) is 17.7 Å². The van der Waals surface area contributed by atoms with Gasteiger partial charge in [0.25, 0.3) is 0 Å². The van der Waals surface area contributed by atoms with Crippen LogP contribution < -0.4 is 0 Å². The van der Waals surface area contributed by atoms with Gasteiger partial charge in [-0.2, -0.15) is 4.31 Å². The summed E-state index contributed by atoms with van der Waals surface area (Å²) < 4.78 is 25.3. The predicted molar refractivity (Wildman–Crippen MR) is 60.4 cm³/mol. The summed E-state index contributed by atoms with van der Waals surface area (Å²) >= 11 is 0. The van der Waals surface area contributed by atoms with Gasteiger partial charge in [-0.05, 0) is 12.8 Å². The highest BCUT2D eigenvalue weighted by atomic mass is 32.2. The third-order valence-electron chi connectivity index (χ3n) is 3.31. The van der Waals surface area contributed by atoms with Gasteiger partial charge < -0.3 is 4.90 Å². The number of rotatable bonds is 3. The molecule has 0 bridgehead atoms. The number of hydrogen-bond donors (Lipinski definition) is 0. The van der Waals surface area contributed by atoms with Crippen LogP contribution >= 0.6 is 0 Å². The molecule has 16 heavy (non-hydrogen) atoms. The zero-order valence-electron chi connectivity index (χ0n) is 9.55. The number of carbonyl (C=O) groups is 1. The Bertz CT molecular complexity index is 380. The second-order valence-corrected chi connectivity index (χ2v) is 6.54. The molecule has 0 aromatic carbocycles. The van der Waals surface area contributed by atoms with Crippen molar-refractivity contribution in [3.05, 3.63) is 0 Å². The van der Waals surface area contributed by atoms with Gasteiger partial charge in [-0.3, -0.25) is 4.79 Å². The molecule has 5 nitrogen and oxygen atoms in total. The molecule has 0 aromatic heterocycles. The quantitative estimate of drug-likeness (QED) is 0.706. The predicted octanol–water partition coefficient (Wildman–Crippen LogP) is 0.0328. The first-order chi connectivity index (χ1) is 7.54. The van der Waals surface area contributed by atoms with Crippen molar-refractivity contribution in [2.45, 2.75) is 32.2 Å². The van der Waals surface area contributed by atoms with E-state index < -0.39 is 10.0 Å². The van der Waals surface area contributed by atoms with Crippen LogP contribution in [0.2, 0.25) is 0 Å². The Kier molecular flexibility index (Phi) is 3.21. The molecule has 0 aromatic rings. The van der Waals surface area contributed by atoms with Gasteiger partial charge in [-0.1, -0.05) is 6.92 Å². The van der Waals surface area contributed by atoms with Crippen LogP contribution in [0.1, 0.15) is 26.2 Å². The third kappa shape index (κ3) is 2.08. The molecule has 0 spiro atoms. The van der Waals surface area contributed by atoms with Crippen molar-refractivity contribution in [2.24, 2.45) is 0 Å². The molecule has 2 saturated heterocycles. The molecule has 1 atom stereocenters. The Labute approximate surface area is 96.5 Å². The molecule has 2 aliphatic rings. The summed E-state index contributed by atoms with van der Waals surface area (Å²) in [5, 5.41) is 0. The molecule has 0 aliphatic carbocycles. The van der Waals surface area contributed by atoms with E-state index in [0.717, 1.165) is 6.42 Å². The van der Waals surface area contributed by atoms with E-state index in [4.69, 9.17) is 0 Å². The lowest BCUT2D eigenvalue weighted by atomic mass is 10.2. The molecular formula is C10H18N2O3S. The van der Waals surface area contributed by atoms with E-state index in [2.05, 4.69) is 0 Å². The van der Waals surface area contributed by atoms with Crippen LogP contribution in [0, 0.1) is 0 Å². The Morgan fingerprint density at radius 3 is 2.81 bits per heavy atom. The van der Waals surface area contributed by atoms with Gasteiger partial charge in [-0.25, -0.2) is 8.42 Å². The molecule has 2 fully saturated rings. The maximum Gasteiger partial charge on any atom is 0.222 e. The Hall–Kier alpha value is -0.620. The maximum atomic E-state index is 11.9. The Morgan fingerprint density at radius 2 is 2.12 bits per heavy atom. The van der Waals surface area contributed by atoms with Crippen molar-refractivity contribution in [3.63, 3.8) is 0 Å². The van der Waals surface area contributed by atoms with Gasteiger partial charge in [0.1, 0.15) is 0 Å². The smallest absolute Gasteiger partial charge is 0.222 e. The van der Waals surface area contributed by atoms with Gasteiger partial charge in [0.15, 0.2) is 0 Å². The van der Waals surface area contributed by atoms with E-state index in [1.165, 1.54) is 0 Å². The van der Waals surface area contributed by atoms with Gasteiger partial charge in [0.2, 0.25) is 15.9 Å². The van der Waals surface area contributed by atoms with E-state index in [0.29, 0.717) is 32.5 Å². The van der Waals surface area contributed by atoms with Crippen molar-refractivity contribution in [1.29, 1.82) is 0 Å². The van der Waals surface area contributed by atoms with Gasteiger partial charge in [-0.15, -0.1) is 0 Å². The zero-order valence-corrected chi connectivity index (χ0v) is 10.4. The molecule has 0 saturated carbocycles. The molecule has 1 unspecified atom stereocenters. The number of piperazine rings is 1. The average Bonchev–Trinajstić information content (AvgIpc) is 2.60. The second-order valence-electron chi connectivity index (χ2n) is 4.45. The highest BCUT2D eigenvalue weighted by Gasteiger charge is 2.38. The summed E-state index contributed by atoms with van der Waals surface area (Å²) in [5.41, 5.74) is 0. The van der Waals surface area contributed by atoms with Crippen molar-refractivity contribution in [3.8, 4) is 0 Å². The maximum absolute atomic E-state index is 11.9. The van der Waals surface area contributed by atoms with Crippen LogP contribution in [-0.2, 0) is 14.8 Å². The summed E-state index contributed by atoms with van der Waals surface area (Å²) in [7, 11) is -3.09. The lowest BCUT2D eigenvalue weighted by molar-refractivity contribution is -0.130. The van der Waals surface area contributed by atoms with E-state index in [1.807, 2.05) is 11.8 Å². The van der Waals surface area contributed by atoms with Crippen LogP contribution in [0.4, 0.5) is 0 Å². The van der Waals surface area contributed by atoms with Crippen LogP contribution in [0.15, 0.2) is 0 Å². The molecule has 2 rings (SSSR count). The van der Waals surface area contributed by atoms with Crippen LogP contribution in [0.3, 0.4) is 0 Å². The summed E-state index contributed by atoms with van der Waals surface area (Å²) in [5.74, 6) is 0.394. The molecule has 92 valence electrons. The Morgan fingerprint density at radius 1 is 1.38 bits per heavy atom. The number of amides is 1. The average molecular weight is 246 g/mol. The molecule has 2 aliphatic heterocycles. The summed E-state index contributed by atoms with van der Waals surface area (Å²) in [4.78, 5) is 13.3. The highest BCUT2D eigenvalue weighted by molar-refractivity contribution is 7.89. The van der Waals surface area contributed by atoms with E-state index in [1.54, 1.807) is 4.31 Å². The second kappa shape index (κ2) is 4.33. The first-order valence-electron chi connectivity index (χ1n) is 5.82. The van der Waals surface area contributed by atoms with Gasteiger partial charge >= 0.3 is 0 Å². The third-order valence-corrected chi connectivity index (χ3v) is 5.36. The first kappa shape index (κ1) is 11.9. The van der Waals surface area contributed by atoms with Crippen molar-refractivity contribution >= 4 is 15.9 Å². The molecule has 2 heterocycles. The minimum Gasteiger partial charge on any atom is -0.337 e. The minimum absolute atomic E-state index is 0.118. The topological polar surface area (TPSA) is 57.7 Å². The molecule has 0 N–H and O–H groups in total. The number of sulfonamides is 1. The fraction of sp³-hybridized carbons (Fsp3) is 0.900. The van der Waals surface area contributed by atoms with Crippen molar-refractivity contribution in [2.75, 3.05) is 25.4 Å². The van der Waals surface area contributed by atoms with E-state index in [9.17, 15) is 13.2 Å². The monoisotopic (exact) mass is 246 g/mol. The summed E-state index contributed by atoms with van der Waals surface area (Å²) in [6.45, 7) is 3.39. The molecule has 0 radical (unpaired) electrons. The largest absolute Gasteiger partial charge is 0.337 e. The molecule has 1 amide bonds. The zero-order chi connectivity index (χ0) is 11.8. The number of hydrogen-bond acceptors (Lipinski definition) is 3. The molecular weight excluding hydrogens is 228 g/mol. The lowest BCUT2D eigenvalue weighted by Gasteiger charge is -2.36. The molecule has 6 heteroatoms. The standard InChI is InChI=1S/C10H18N2O3S/c1-2-7-16(14,15)11-5-6-12-9(8-11)3-4-10(12)13/h9H,2-8H2,1H3. The van der Waals surface area contributed by atoms with Crippen LogP contribution in [0.5, 0.6) is 0 Å². The van der Waals surface area contributed by atoms with Crippen molar-refractivity contribution < 1.29 is 13.2 Å². The SMILES string of the molecule is CCCS(=O)(=O)N1CCN2C(=O)CCC2C1. The highest BCUT2D eigenvalue weighted by Crippen LogP contribution is 2.24. The Balaban J connectivity index is 2.04. The van der Waals surface area contributed by atoms with Gasteiger partial charge in [0, 0.05) is 32.1 Å². The lowest BCUT2D eigenvalue weighted by Crippen LogP contribution is -2.53. The summed E-state index contributed by atoms with van der Waals surface area (Å²) in [6.07, 6.45) is 2.02. The minimum atomic E-state index is -3.09. The number of fused-ring (bicyclic) bond motifs is 1. The number of carbonyl (C=O) groups excluding carboxylic acids is 1. The normalized spacial score (nSPS) is 27.2. The fourth-order valence-electron chi connectivity index (χ4n) is 2.48. The van der Waals surface area contributed by atoms with E-state index >= 15 is 0 Å². The van der Waals surface area contributed by atoms with Crippen molar-refractivity contribution in [1.82, 2.24) is 9.21 Å².